The monoisotopic (exact) mass is 525 g/mol. The molecule has 4 aromatic rings. The number of methoxy groups -OCH3 is 2. The number of carbonyl (C=O) groups excluding carboxylic acids is 2. The maximum atomic E-state index is 13.1. The summed E-state index contributed by atoms with van der Waals surface area (Å²) in [6, 6.07) is 24.4. The first-order chi connectivity index (χ1) is 18.8. The number of pyridine rings is 1. The van der Waals surface area contributed by atoms with E-state index in [0.717, 1.165) is 33.5 Å². The summed E-state index contributed by atoms with van der Waals surface area (Å²) in [6.07, 6.45) is 0.407. The Morgan fingerprint density at radius 1 is 1.03 bits per heavy atom. The molecule has 1 amide bonds. The van der Waals surface area contributed by atoms with Crippen LogP contribution in [0.25, 0.3) is 22.2 Å². The zero-order valence-electron chi connectivity index (χ0n) is 22.2. The van der Waals surface area contributed by atoms with Crippen LogP contribution in [0.5, 0.6) is 11.5 Å². The molecule has 1 aliphatic heterocycles. The Hall–Kier alpha value is -4.43. The zero-order valence-corrected chi connectivity index (χ0v) is 22.2. The molecule has 2 N–H and O–H groups in total. The summed E-state index contributed by atoms with van der Waals surface area (Å²) in [5.41, 5.74) is 9.76. The molecule has 2 unspecified atom stereocenters. The molecule has 3 aromatic carbocycles. The van der Waals surface area contributed by atoms with Crippen molar-refractivity contribution >= 4 is 22.8 Å². The highest BCUT2D eigenvalue weighted by atomic mass is 16.5. The molecule has 0 saturated carbocycles. The summed E-state index contributed by atoms with van der Waals surface area (Å²) < 4.78 is 16.2. The van der Waals surface area contributed by atoms with Gasteiger partial charge in [-0.1, -0.05) is 30.3 Å². The van der Waals surface area contributed by atoms with Crippen molar-refractivity contribution in [3.63, 3.8) is 0 Å². The Labute approximate surface area is 227 Å². The summed E-state index contributed by atoms with van der Waals surface area (Å²) in [4.78, 5) is 31.4. The lowest BCUT2D eigenvalue weighted by atomic mass is 9.89. The van der Waals surface area contributed by atoms with Gasteiger partial charge in [-0.2, -0.15) is 0 Å². The van der Waals surface area contributed by atoms with Gasteiger partial charge in [-0.15, -0.1) is 0 Å². The summed E-state index contributed by atoms with van der Waals surface area (Å²) in [7, 11) is 2.95. The number of fused-ring (bicyclic) bond motifs is 1. The van der Waals surface area contributed by atoms with Gasteiger partial charge in [0.1, 0.15) is 29.7 Å². The Morgan fingerprint density at radius 3 is 2.41 bits per heavy atom. The lowest BCUT2D eigenvalue weighted by molar-refractivity contribution is -0.151. The minimum atomic E-state index is -1.20. The Kier molecular flexibility index (Phi) is 7.21. The summed E-state index contributed by atoms with van der Waals surface area (Å²) in [5, 5.41) is 1.02. The van der Waals surface area contributed by atoms with Gasteiger partial charge in [-0.05, 0) is 67.4 Å². The van der Waals surface area contributed by atoms with E-state index in [1.807, 2.05) is 78.9 Å². The van der Waals surface area contributed by atoms with Gasteiger partial charge in [-0.25, -0.2) is 9.78 Å². The Balaban J connectivity index is 1.34. The van der Waals surface area contributed by atoms with E-state index in [4.69, 9.17) is 24.9 Å². The van der Waals surface area contributed by atoms with Gasteiger partial charge < -0.3 is 24.8 Å². The van der Waals surface area contributed by atoms with Gasteiger partial charge in [0.2, 0.25) is 5.91 Å². The first-order valence-electron chi connectivity index (χ1n) is 12.8. The normalized spacial score (nSPS) is 17.7. The summed E-state index contributed by atoms with van der Waals surface area (Å²) >= 11 is 0. The van der Waals surface area contributed by atoms with Crippen LogP contribution < -0.4 is 15.2 Å². The molecule has 1 saturated heterocycles. The number of nitrogens with two attached hydrogens (primary N) is 1. The number of para-hydroxylation sites is 1. The van der Waals surface area contributed by atoms with Gasteiger partial charge >= 0.3 is 5.97 Å². The molecule has 5 rings (SSSR count). The predicted molar refractivity (Wildman–Crippen MR) is 148 cm³/mol. The van der Waals surface area contributed by atoms with E-state index in [2.05, 4.69) is 0 Å². The minimum absolute atomic E-state index is 0.289. The second-order valence-corrected chi connectivity index (χ2v) is 9.64. The number of esters is 1. The molecule has 1 fully saturated rings. The molecule has 0 aliphatic carbocycles. The van der Waals surface area contributed by atoms with Crippen LogP contribution in [0.1, 0.15) is 24.5 Å². The minimum Gasteiger partial charge on any atom is -0.497 e. The fourth-order valence-corrected chi connectivity index (χ4v) is 4.98. The lowest BCUT2D eigenvalue weighted by Crippen LogP contribution is -2.49. The number of ether oxygens (including phenoxy) is 3. The predicted octanol–water partition coefficient (Wildman–Crippen LogP) is 4.44. The standard InChI is InChI=1S/C31H31N3O5/c1-20(29(35)38-3)34-17-16-31(32,30(34)36)23-10-14-25(15-11-23)39-19-22-18-28(21-8-12-24(37-2)13-9-21)33-27-7-5-4-6-26(22)27/h4-15,18,20H,16-17,19,32H2,1-3H3. The van der Waals surface area contributed by atoms with Gasteiger partial charge in [0.25, 0.3) is 0 Å². The van der Waals surface area contributed by atoms with Gasteiger partial charge in [-0.3, -0.25) is 4.79 Å². The highest BCUT2D eigenvalue weighted by molar-refractivity contribution is 5.93. The van der Waals surface area contributed by atoms with Crippen LogP contribution in [0.2, 0.25) is 0 Å². The van der Waals surface area contributed by atoms with Gasteiger partial charge in [0, 0.05) is 23.1 Å². The topological polar surface area (TPSA) is 104 Å². The van der Waals surface area contributed by atoms with Crippen LogP contribution in [0, 0.1) is 0 Å². The van der Waals surface area contributed by atoms with Crippen molar-refractivity contribution in [2.45, 2.75) is 31.5 Å². The van der Waals surface area contributed by atoms with Crippen LogP contribution >= 0.6 is 0 Å². The Morgan fingerprint density at radius 2 is 1.72 bits per heavy atom. The summed E-state index contributed by atoms with van der Waals surface area (Å²) in [6.45, 7) is 2.37. The molecule has 1 aliphatic rings. The van der Waals surface area contributed by atoms with Gasteiger partial charge in [0.05, 0.1) is 25.4 Å². The zero-order chi connectivity index (χ0) is 27.6. The van der Waals surface area contributed by atoms with Crippen LogP contribution in [0.15, 0.2) is 78.9 Å². The number of aromatic nitrogens is 1. The molecule has 0 bridgehead atoms. The quantitative estimate of drug-likeness (QED) is 0.339. The van der Waals surface area contributed by atoms with Crippen molar-refractivity contribution in [2.75, 3.05) is 20.8 Å². The second kappa shape index (κ2) is 10.7. The van der Waals surface area contributed by atoms with E-state index >= 15 is 0 Å². The molecule has 8 nitrogen and oxygen atoms in total. The average Bonchev–Trinajstić information content (AvgIpc) is 3.29. The largest absolute Gasteiger partial charge is 0.497 e. The summed E-state index contributed by atoms with van der Waals surface area (Å²) in [5.74, 6) is 0.689. The third kappa shape index (κ3) is 5.03. The highest BCUT2D eigenvalue weighted by Crippen LogP contribution is 2.34. The molecule has 1 aromatic heterocycles. The molecule has 8 heteroatoms. The number of amides is 1. The van der Waals surface area contributed by atoms with Crippen molar-refractivity contribution in [1.82, 2.24) is 9.88 Å². The van der Waals surface area contributed by atoms with Crippen molar-refractivity contribution in [3.05, 3.63) is 90.0 Å². The van der Waals surface area contributed by atoms with Crippen LogP contribution in [0.4, 0.5) is 0 Å². The molecule has 0 spiro atoms. The maximum absolute atomic E-state index is 13.1. The van der Waals surface area contributed by atoms with Crippen LogP contribution in [0.3, 0.4) is 0 Å². The first kappa shape index (κ1) is 26.2. The van der Waals surface area contributed by atoms with E-state index in [1.54, 1.807) is 14.0 Å². The number of rotatable bonds is 8. The van der Waals surface area contributed by atoms with E-state index < -0.39 is 17.6 Å². The SMILES string of the molecule is COC(=O)C(C)N1CCC(N)(c2ccc(OCc3cc(-c4ccc(OC)cc4)nc4ccccc34)cc2)C1=O. The van der Waals surface area contributed by atoms with E-state index in [0.29, 0.717) is 30.9 Å². The number of likely N-dealkylation sites (tertiary alicyclic amines) is 1. The lowest BCUT2D eigenvalue weighted by Gasteiger charge is -2.26. The molecule has 2 atom stereocenters. The van der Waals surface area contributed by atoms with Crippen molar-refractivity contribution in [2.24, 2.45) is 5.73 Å². The smallest absolute Gasteiger partial charge is 0.328 e. The highest BCUT2D eigenvalue weighted by Gasteiger charge is 2.47. The third-order valence-corrected chi connectivity index (χ3v) is 7.35. The molecular weight excluding hydrogens is 494 g/mol. The second-order valence-electron chi connectivity index (χ2n) is 9.64. The van der Waals surface area contributed by atoms with Crippen molar-refractivity contribution < 1.29 is 23.8 Å². The molecule has 0 radical (unpaired) electrons. The number of carbonyl (C=O) groups is 2. The number of hydrogen-bond acceptors (Lipinski definition) is 7. The number of hydrogen-bond donors (Lipinski definition) is 1. The Bertz CT molecular complexity index is 1500. The third-order valence-electron chi connectivity index (χ3n) is 7.35. The van der Waals surface area contributed by atoms with E-state index in [9.17, 15) is 9.59 Å². The fraction of sp³-hybridized carbons (Fsp3) is 0.258. The number of benzene rings is 3. The van der Waals surface area contributed by atoms with E-state index in [-0.39, 0.29) is 5.91 Å². The first-order valence-corrected chi connectivity index (χ1v) is 12.8. The fourth-order valence-electron chi connectivity index (χ4n) is 4.98. The molecule has 200 valence electrons. The molecule has 2 heterocycles. The molecular formula is C31H31N3O5. The van der Waals surface area contributed by atoms with Crippen molar-refractivity contribution in [1.29, 1.82) is 0 Å². The van der Waals surface area contributed by atoms with E-state index in [1.165, 1.54) is 12.0 Å². The maximum Gasteiger partial charge on any atom is 0.328 e. The van der Waals surface area contributed by atoms with Crippen molar-refractivity contribution in [3.8, 4) is 22.8 Å². The number of nitrogens with zero attached hydrogens (tertiary/aromatic N) is 2. The van der Waals surface area contributed by atoms with Crippen LogP contribution in [-0.2, 0) is 26.5 Å². The van der Waals surface area contributed by atoms with Crippen LogP contribution in [-0.4, -0.2) is 48.6 Å². The molecule has 39 heavy (non-hydrogen) atoms. The van der Waals surface area contributed by atoms with Gasteiger partial charge in [0.15, 0.2) is 0 Å². The average molecular weight is 526 g/mol.